The van der Waals surface area contributed by atoms with Crippen LogP contribution in [0.1, 0.15) is 31.2 Å². The summed E-state index contributed by atoms with van der Waals surface area (Å²) in [6.07, 6.45) is 2.03. The number of rotatable bonds is 5. The lowest BCUT2D eigenvalue weighted by molar-refractivity contribution is -0.132. The lowest BCUT2D eigenvalue weighted by atomic mass is 9.95. The van der Waals surface area contributed by atoms with Gasteiger partial charge in [0.15, 0.2) is 0 Å². The van der Waals surface area contributed by atoms with Gasteiger partial charge in [0.25, 0.3) is 0 Å². The smallest absolute Gasteiger partial charge is 0.241 e. The number of carbonyl (C=O) groups excluding carboxylic acids is 1. The maximum atomic E-state index is 12.4. The summed E-state index contributed by atoms with van der Waals surface area (Å²) >= 11 is 0. The fourth-order valence-electron chi connectivity index (χ4n) is 2.79. The summed E-state index contributed by atoms with van der Waals surface area (Å²) < 4.78 is 0. The summed E-state index contributed by atoms with van der Waals surface area (Å²) in [5.74, 6) is 0.552. The highest BCUT2D eigenvalue weighted by Crippen LogP contribution is 2.21. The Morgan fingerprint density at radius 1 is 1.40 bits per heavy atom. The average Bonchev–Trinajstić information content (AvgIpc) is 2.67. The fourth-order valence-corrected chi connectivity index (χ4v) is 2.79. The number of carbonyl (C=O) groups is 1. The lowest BCUT2D eigenvalue weighted by Gasteiger charge is -2.28. The Bertz CT molecular complexity index is 421. The van der Waals surface area contributed by atoms with Crippen LogP contribution in [0.25, 0.3) is 0 Å². The standard InChI is InChI=1S/C16H25N3O/c1-2-13(14-7-4-3-5-8-14)12-19-10-6-9-18-15(11-17)16(19)20/h3-5,7-8,13,15,18H,2,6,9-12,17H2,1H3. The summed E-state index contributed by atoms with van der Waals surface area (Å²) in [6.45, 7) is 5.03. The summed E-state index contributed by atoms with van der Waals surface area (Å²) in [6, 6.07) is 10.2. The van der Waals surface area contributed by atoms with E-state index in [9.17, 15) is 4.79 Å². The number of nitrogens with zero attached hydrogens (tertiary/aromatic N) is 1. The van der Waals surface area contributed by atoms with Gasteiger partial charge in [0.2, 0.25) is 5.91 Å². The van der Waals surface area contributed by atoms with E-state index >= 15 is 0 Å². The van der Waals surface area contributed by atoms with Gasteiger partial charge in [0.05, 0.1) is 6.04 Å². The van der Waals surface area contributed by atoms with E-state index in [1.807, 2.05) is 11.0 Å². The summed E-state index contributed by atoms with van der Waals surface area (Å²) in [5, 5.41) is 3.23. The third kappa shape index (κ3) is 3.58. The van der Waals surface area contributed by atoms with Gasteiger partial charge in [0.1, 0.15) is 0 Å². The molecule has 1 heterocycles. The average molecular weight is 275 g/mol. The SMILES string of the molecule is CCC(CN1CCCNC(CN)C1=O)c1ccccc1. The Kier molecular flexibility index (Phi) is 5.56. The van der Waals surface area contributed by atoms with E-state index in [1.165, 1.54) is 5.56 Å². The molecule has 4 nitrogen and oxygen atoms in total. The van der Waals surface area contributed by atoms with Crippen molar-refractivity contribution < 1.29 is 4.79 Å². The fraction of sp³-hybridized carbons (Fsp3) is 0.562. The minimum Gasteiger partial charge on any atom is -0.341 e. The number of amides is 1. The van der Waals surface area contributed by atoms with Crippen LogP contribution in [0.4, 0.5) is 0 Å². The molecule has 3 N–H and O–H groups in total. The largest absolute Gasteiger partial charge is 0.341 e. The second-order valence-electron chi connectivity index (χ2n) is 5.40. The minimum atomic E-state index is -0.217. The molecule has 0 aliphatic carbocycles. The van der Waals surface area contributed by atoms with Crippen LogP contribution in [0.5, 0.6) is 0 Å². The van der Waals surface area contributed by atoms with E-state index < -0.39 is 0 Å². The van der Waals surface area contributed by atoms with Crippen molar-refractivity contribution in [3.05, 3.63) is 35.9 Å². The Morgan fingerprint density at radius 2 is 2.15 bits per heavy atom. The summed E-state index contributed by atoms with van der Waals surface area (Å²) in [7, 11) is 0. The van der Waals surface area contributed by atoms with Crippen LogP contribution in [0.15, 0.2) is 30.3 Å². The van der Waals surface area contributed by atoms with Gasteiger partial charge in [-0.1, -0.05) is 37.3 Å². The number of nitrogens with one attached hydrogen (secondary N) is 1. The molecule has 0 aromatic heterocycles. The molecule has 1 fully saturated rings. The van der Waals surface area contributed by atoms with Crippen LogP contribution in [-0.2, 0) is 4.79 Å². The Hall–Kier alpha value is -1.39. The zero-order valence-electron chi connectivity index (χ0n) is 12.2. The Balaban J connectivity index is 2.07. The number of nitrogens with two attached hydrogens (primary N) is 1. The first-order chi connectivity index (χ1) is 9.76. The zero-order chi connectivity index (χ0) is 14.4. The van der Waals surface area contributed by atoms with Gasteiger partial charge in [-0.2, -0.15) is 0 Å². The van der Waals surface area contributed by atoms with Crippen molar-refractivity contribution in [2.75, 3.05) is 26.2 Å². The molecule has 2 unspecified atom stereocenters. The number of hydrogen-bond donors (Lipinski definition) is 2. The Morgan fingerprint density at radius 3 is 2.80 bits per heavy atom. The third-order valence-electron chi connectivity index (χ3n) is 4.05. The molecule has 0 spiro atoms. The van der Waals surface area contributed by atoms with Gasteiger partial charge in [-0.05, 0) is 24.9 Å². The Labute approximate surface area is 121 Å². The molecular formula is C16H25N3O. The van der Waals surface area contributed by atoms with E-state index in [0.29, 0.717) is 12.5 Å². The molecule has 110 valence electrons. The van der Waals surface area contributed by atoms with Gasteiger partial charge in [-0.15, -0.1) is 0 Å². The van der Waals surface area contributed by atoms with Gasteiger partial charge in [-0.3, -0.25) is 4.79 Å². The van der Waals surface area contributed by atoms with Crippen molar-refractivity contribution in [3.8, 4) is 0 Å². The molecule has 0 bridgehead atoms. The normalized spacial score (nSPS) is 21.6. The van der Waals surface area contributed by atoms with E-state index in [2.05, 4.69) is 36.5 Å². The predicted octanol–water partition coefficient (Wildman–Crippen LogP) is 1.33. The number of benzene rings is 1. The molecule has 2 atom stereocenters. The summed E-state index contributed by atoms with van der Waals surface area (Å²) in [5.41, 5.74) is 7.00. The first-order valence-corrected chi connectivity index (χ1v) is 7.53. The maximum absolute atomic E-state index is 12.4. The van der Waals surface area contributed by atoms with Crippen LogP contribution in [0, 0.1) is 0 Å². The molecule has 2 rings (SSSR count). The first kappa shape index (κ1) is 15.0. The van der Waals surface area contributed by atoms with E-state index in [1.54, 1.807) is 0 Å². The second-order valence-corrected chi connectivity index (χ2v) is 5.40. The van der Waals surface area contributed by atoms with E-state index in [4.69, 9.17) is 5.73 Å². The molecule has 1 amide bonds. The van der Waals surface area contributed by atoms with Crippen LogP contribution in [0.3, 0.4) is 0 Å². The first-order valence-electron chi connectivity index (χ1n) is 7.53. The molecular weight excluding hydrogens is 250 g/mol. The third-order valence-corrected chi connectivity index (χ3v) is 4.05. The maximum Gasteiger partial charge on any atom is 0.241 e. The van der Waals surface area contributed by atoms with Crippen molar-refractivity contribution >= 4 is 5.91 Å². The second kappa shape index (κ2) is 7.41. The van der Waals surface area contributed by atoms with Crippen molar-refractivity contribution in [2.45, 2.75) is 31.7 Å². The van der Waals surface area contributed by atoms with E-state index in [-0.39, 0.29) is 11.9 Å². The minimum absolute atomic E-state index is 0.152. The van der Waals surface area contributed by atoms with Crippen LogP contribution >= 0.6 is 0 Å². The van der Waals surface area contributed by atoms with Crippen molar-refractivity contribution in [1.82, 2.24) is 10.2 Å². The molecule has 1 aromatic rings. The molecule has 1 aliphatic heterocycles. The highest BCUT2D eigenvalue weighted by Gasteiger charge is 2.27. The zero-order valence-corrected chi connectivity index (χ0v) is 12.2. The van der Waals surface area contributed by atoms with Gasteiger partial charge >= 0.3 is 0 Å². The molecule has 4 heteroatoms. The van der Waals surface area contributed by atoms with Crippen molar-refractivity contribution in [1.29, 1.82) is 0 Å². The molecule has 1 aliphatic rings. The van der Waals surface area contributed by atoms with Crippen molar-refractivity contribution in [2.24, 2.45) is 5.73 Å². The number of hydrogen-bond acceptors (Lipinski definition) is 3. The van der Waals surface area contributed by atoms with Crippen LogP contribution in [0.2, 0.25) is 0 Å². The lowest BCUT2D eigenvalue weighted by Crippen LogP contribution is -2.48. The summed E-state index contributed by atoms with van der Waals surface area (Å²) in [4.78, 5) is 14.4. The molecule has 0 saturated carbocycles. The van der Waals surface area contributed by atoms with Gasteiger partial charge in [0, 0.05) is 25.6 Å². The van der Waals surface area contributed by atoms with Crippen molar-refractivity contribution in [3.63, 3.8) is 0 Å². The molecule has 0 radical (unpaired) electrons. The molecule has 1 saturated heterocycles. The van der Waals surface area contributed by atoms with Crippen LogP contribution in [-0.4, -0.2) is 43.0 Å². The topological polar surface area (TPSA) is 58.4 Å². The van der Waals surface area contributed by atoms with Gasteiger partial charge < -0.3 is 16.0 Å². The molecule has 20 heavy (non-hydrogen) atoms. The highest BCUT2D eigenvalue weighted by atomic mass is 16.2. The predicted molar refractivity (Wildman–Crippen MR) is 81.5 cm³/mol. The highest BCUT2D eigenvalue weighted by molar-refractivity contribution is 5.82. The van der Waals surface area contributed by atoms with Crippen LogP contribution < -0.4 is 11.1 Å². The monoisotopic (exact) mass is 275 g/mol. The molecule has 1 aromatic carbocycles. The van der Waals surface area contributed by atoms with E-state index in [0.717, 1.165) is 32.5 Å². The van der Waals surface area contributed by atoms with Gasteiger partial charge in [-0.25, -0.2) is 0 Å². The quantitative estimate of drug-likeness (QED) is 0.852.